The van der Waals surface area contributed by atoms with E-state index in [1.807, 2.05) is 36.4 Å². The maximum absolute atomic E-state index is 13.0. The molecule has 0 aliphatic carbocycles. The van der Waals surface area contributed by atoms with E-state index in [1.165, 1.54) is 0 Å². The molecular formula is C19H19NO3S. The quantitative estimate of drug-likeness (QED) is 0.597. The summed E-state index contributed by atoms with van der Waals surface area (Å²) in [4.78, 5) is 24.7. The fraction of sp³-hybridized carbons (Fsp3) is 0.211. The number of rotatable bonds is 7. The highest BCUT2D eigenvalue weighted by molar-refractivity contribution is 7.80. The summed E-state index contributed by atoms with van der Waals surface area (Å²) in [5, 5.41) is 12.2. The third-order valence-corrected chi connectivity index (χ3v) is 4.35. The van der Waals surface area contributed by atoms with Crippen molar-refractivity contribution in [2.24, 2.45) is 5.92 Å². The number of carboxylic acids is 1. The summed E-state index contributed by atoms with van der Waals surface area (Å²) in [6.45, 7) is 0. The average Bonchev–Trinajstić information content (AvgIpc) is 2.62. The number of thiocarbonyl (C=S) groups is 1. The SMILES string of the molecule is CNC(=S)C(C(=O)c1ccccc1)C(CC(=O)O)c1ccccc1. The predicted octanol–water partition coefficient (Wildman–Crippen LogP) is 3.29. The van der Waals surface area contributed by atoms with Gasteiger partial charge in [0.05, 0.1) is 17.3 Å². The molecule has 0 spiro atoms. The van der Waals surface area contributed by atoms with Gasteiger partial charge in [-0.2, -0.15) is 0 Å². The van der Waals surface area contributed by atoms with Crippen LogP contribution >= 0.6 is 12.2 Å². The van der Waals surface area contributed by atoms with Crippen LogP contribution in [0.3, 0.4) is 0 Å². The number of Topliss-reactive ketones (excluding diaryl/α,β-unsaturated/α-hetero) is 1. The summed E-state index contributed by atoms with van der Waals surface area (Å²) in [6.07, 6.45) is -0.172. The average molecular weight is 341 g/mol. The third kappa shape index (κ3) is 4.26. The van der Waals surface area contributed by atoms with Crippen molar-refractivity contribution >= 4 is 29.0 Å². The Morgan fingerprint density at radius 1 is 1.04 bits per heavy atom. The maximum Gasteiger partial charge on any atom is 0.304 e. The molecule has 0 aliphatic rings. The minimum absolute atomic E-state index is 0.172. The number of aliphatic carboxylic acids is 1. The van der Waals surface area contributed by atoms with E-state index in [2.05, 4.69) is 5.32 Å². The van der Waals surface area contributed by atoms with E-state index >= 15 is 0 Å². The Hall–Kier alpha value is -2.53. The van der Waals surface area contributed by atoms with Crippen molar-refractivity contribution in [3.63, 3.8) is 0 Å². The fourth-order valence-corrected chi connectivity index (χ4v) is 3.01. The highest BCUT2D eigenvalue weighted by atomic mass is 32.1. The lowest BCUT2D eigenvalue weighted by molar-refractivity contribution is -0.137. The molecule has 4 nitrogen and oxygen atoms in total. The summed E-state index contributed by atoms with van der Waals surface area (Å²) < 4.78 is 0. The Bertz CT molecular complexity index is 716. The molecule has 0 radical (unpaired) electrons. The van der Waals surface area contributed by atoms with Gasteiger partial charge >= 0.3 is 5.97 Å². The first-order chi connectivity index (χ1) is 11.5. The van der Waals surface area contributed by atoms with Crippen molar-refractivity contribution in [2.75, 3.05) is 7.05 Å². The number of benzene rings is 2. The van der Waals surface area contributed by atoms with Crippen molar-refractivity contribution in [3.8, 4) is 0 Å². The van der Waals surface area contributed by atoms with E-state index in [-0.39, 0.29) is 12.2 Å². The number of carbonyl (C=O) groups excluding carboxylic acids is 1. The van der Waals surface area contributed by atoms with Gasteiger partial charge in [0, 0.05) is 18.5 Å². The van der Waals surface area contributed by atoms with Crippen LogP contribution in [0.25, 0.3) is 0 Å². The Labute approximate surface area is 146 Å². The molecule has 0 saturated carbocycles. The van der Waals surface area contributed by atoms with Crippen LogP contribution in [0.4, 0.5) is 0 Å². The van der Waals surface area contributed by atoms with E-state index in [4.69, 9.17) is 12.2 Å². The normalized spacial score (nSPS) is 12.9. The van der Waals surface area contributed by atoms with Crippen molar-refractivity contribution in [2.45, 2.75) is 12.3 Å². The number of nitrogens with one attached hydrogen (secondary N) is 1. The van der Waals surface area contributed by atoms with Crippen LogP contribution in [-0.2, 0) is 4.79 Å². The molecular weight excluding hydrogens is 322 g/mol. The number of carbonyl (C=O) groups is 2. The number of hydrogen-bond acceptors (Lipinski definition) is 3. The zero-order chi connectivity index (χ0) is 17.5. The highest BCUT2D eigenvalue weighted by Crippen LogP contribution is 2.31. The van der Waals surface area contributed by atoms with Gasteiger partial charge in [-0.25, -0.2) is 0 Å². The number of carboxylic acid groups (broad SMARTS) is 1. The Kier molecular flexibility index (Phi) is 6.21. The molecule has 0 aromatic heterocycles. The molecule has 0 amide bonds. The lowest BCUT2D eigenvalue weighted by Crippen LogP contribution is -2.37. The van der Waals surface area contributed by atoms with E-state index in [0.717, 1.165) is 5.56 Å². The van der Waals surface area contributed by atoms with E-state index < -0.39 is 17.8 Å². The van der Waals surface area contributed by atoms with Crippen LogP contribution in [0.1, 0.15) is 28.3 Å². The molecule has 0 saturated heterocycles. The van der Waals surface area contributed by atoms with Gasteiger partial charge in [-0.05, 0) is 5.56 Å². The molecule has 24 heavy (non-hydrogen) atoms. The van der Waals surface area contributed by atoms with Gasteiger partial charge in [0.2, 0.25) is 0 Å². The van der Waals surface area contributed by atoms with Crippen LogP contribution in [-0.4, -0.2) is 28.9 Å². The van der Waals surface area contributed by atoms with Crippen LogP contribution in [0.5, 0.6) is 0 Å². The summed E-state index contributed by atoms with van der Waals surface area (Å²) in [6, 6.07) is 18.0. The molecule has 0 bridgehead atoms. The van der Waals surface area contributed by atoms with Crippen LogP contribution in [0, 0.1) is 5.92 Å². The van der Waals surface area contributed by atoms with Crippen LogP contribution in [0.2, 0.25) is 0 Å². The fourth-order valence-electron chi connectivity index (χ4n) is 2.74. The lowest BCUT2D eigenvalue weighted by atomic mass is 9.79. The zero-order valence-electron chi connectivity index (χ0n) is 13.3. The van der Waals surface area contributed by atoms with E-state index in [9.17, 15) is 14.7 Å². The first kappa shape index (κ1) is 17.8. The smallest absolute Gasteiger partial charge is 0.304 e. The molecule has 5 heteroatoms. The van der Waals surface area contributed by atoms with Gasteiger partial charge in [0.1, 0.15) is 0 Å². The minimum atomic E-state index is -0.964. The van der Waals surface area contributed by atoms with Crippen molar-refractivity contribution < 1.29 is 14.7 Å². The van der Waals surface area contributed by atoms with Gasteiger partial charge in [-0.3, -0.25) is 9.59 Å². The topological polar surface area (TPSA) is 66.4 Å². The standard InChI is InChI=1S/C19H19NO3S/c1-20-19(24)17(18(23)14-10-6-3-7-11-14)15(12-16(21)22)13-8-4-2-5-9-13/h2-11,15,17H,12H2,1H3,(H,20,24)(H,21,22). The molecule has 2 aromatic rings. The van der Waals surface area contributed by atoms with Crippen molar-refractivity contribution in [3.05, 3.63) is 71.8 Å². The summed E-state index contributed by atoms with van der Waals surface area (Å²) in [5.74, 6) is -2.40. The van der Waals surface area contributed by atoms with Gasteiger partial charge in [0.15, 0.2) is 5.78 Å². The monoisotopic (exact) mass is 341 g/mol. The van der Waals surface area contributed by atoms with E-state index in [0.29, 0.717) is 10.6 Å². The van der Waals surface area contributed by atoms with Gasteiger partial charge in [-0.1, -0.05) is 72.9 Å². The Morgan fingerprint density at radius 3 is 2.08 bits per heavy atom. The second-order valence-corrected chi connectivity index (χ2v) is 5.88. The van der Waals surface area contributed by atoms with Crippen LogP contribution in [0.15, 0.2) is 60.7 Å². The van der Waals surface area contributed by atoms with E-state index in [1.54, 1.807) is 31.3 Å². The Morgan fingerprint density at radius 2 is 1.58 bits per heavy atom. The van der Waals surface area contributed by atoms with Gasteiger partial charge in [0.25, 0.3) is 0 Å². The molecule has 2 N–H and O–H groups in total. The first-order valence-electron chi connectivity index (χ1n) is 7.62. The summed E-state index contributed by atoms with van der Waals surface area (Å²) in [7, 11) is 1.65. The number of ketones is 1. The van der Waals surface area contributed by atoms with Crippen LogP contribution < -0.4 is 5.32 Å². The molecule has 2 rings (SSSR count). The molecule has 0 heterocycles. The van der Waals surface area contributed by atoms with Crippen molar-refractivity contribution in [1.29, 1.82) is 0 Å². The first-order valence-corrected chi connectivity index (χ1v) is 8.03. The molecule has 124 valence electrons. The van der Waals surface area contributed by atoms with Gasteiger partial charge in [-0.15, -0.1) is 0 Å². The second kappa shape index (κ2) is 8.36. The summed E-state index contributed by atoms with van der Waals surface area (Å²) in [5.41, 5.74) is 1.30. The molecule has 2 unspecified atom stereocenters. The highest BCUT2D eigenvalue weighted by Gasteiger charge is 2.34. The predicted molar refractivity (Wildman–Crippen MR) is 97.4 cm³/mol. The summed E-state index contributed by atoms with van der Waals surface area (Å²) >= 11 is 5.36. The second-order valence-electron chi connectivity index (χ2n) is 5.44. The molecule has 0 fully saturated rings. The lowest BCUT2D eigenvalue weighted by Gasteiger charge is -2.26. The molecule has 2 aromatic carbocycles. The molecule has 0 aliphatic heterocycles. The zero-order valence-corrected chi connectivity index (χ0v) is 14.1. The number of hydrogen-bond donors (Lipinski definition) is 2. The Balaban J connectivity index is 2.48. The maximum atomic E-state index is 13.0. The minimum Gasteiger partial charge on any atom is -0.481 e. The van der Waals surface area contributed by atoms with Crippen molar-refractivity contribution in [1.82, 2.24) is 5.32 Å². The third-order valence-electron chi connectivity index (χ3n) is 3.89. The molecule has 2 atom stereocenters. The largest absolute Gasteiger partial charge is 0.481 e. The van der Waals surface area contributed by atoms with Gasteiger partial charge < -0.3 is 10.4 Å².